The van der Waals surface area contributed by atoms with Crippen molar-refractivity contribution >= 4 is 16.8 Å². The summed E-state index contributed by atoms with van der Waals surface area (Å²) in [5.41, 5.74) is 16.6. The predicted octanol–water partition coefficient (Wildman–Crippen LogP) is 14.8. The van der Waals surface area contributed by atoms with Gasteiger partial charge in [-0.05, 0) is 157 Å². The van der Waals surface area contributed by atoms with Gasteiger partial charge in [0.15, 0.2) is 0 Å². The van der Waals surface area contributed by atoms with E-state index in [0.717, 1.165) is 42.6 Å². The van der Waals surface area contributed by atoms with Crippen LogP contribution in [-0.2, 0) is 0 Å². The van der Waals surface area contributed by atoms with E-state index in [1.807, 2.05) is 49.5 Å². The maximum absolute atomic E-state index is 4.09. The zero-order chi connectivity index (χ0) is 40.3. The molecule has 0 atom stereocenters. The van der Waals surface area contributed by atoms with Gasteiger partial charge in [0, 0.05) is 30.3 Å². The molecule has 0 unspecified atom stereocenters. The van der Waals surface area contributed by atoms with Crippen LogP contribution in [0.3, 0.4) is 0 Å². The minimum absolute atomic E-state index is 0.866. The van der Waals surface area contributed by atoms with E-state index in [1.165, 1.54) is 61.4 Å². The maximum atomic E-state index is 4.09. The van der Waals surface area contributed by atoms with Crippen LogP contribution in [0.4, 0.5) is 5.69 Å². The smallest absolute Gasteiger partial charge is 0.0458 e. The van der Waals surface area contributed by atoms with Gasteiger partial charge in [0.1, 0.15) is 0 Å². The molecule has 0 saturated carbocycles. The molecular formula is C54H60N2. The summed E-state index contributed by atoms with van der Waals surface area (Å²) in [5.74, 6) is 0. The van der Waals surface area contributed by atoms with E-state index in [4.69, 9.17) is 0 Å². The van der Waals surface area contributed by atoms with Crippen LogP contribution < -0.4 is 10.2 Å². The average molecular weight is 737 g/mol. The third-order valence-corrected chi connectivity index (χ3v) is 9.69. The number of aryl methyl sites for hydroxylation is 2. The largest absolute Gasteiger partial charge is 0.381 e. The molecule has 2 aliphatic rings. The molecule has 0 bridgehead atoms. The summed E-state index contributed by atoms with van der Waals surface area (Å²) in [6, 6.07) is 24.1. The van der Waals surface area contributed by atoms with Crippen LogP contribution in [0.15, 0.2) is 212 Å². The van der Waals surface area contributed by atoms with Crippen molar-refractivity contribution < 1.29 is 0 Å². The normalized spacial score (nSPS) is 17.5. The summed E-state index contributed by atoms with van der Waals surface area (Å²) in [5, 5.41) is 3.52. The van der Waals surface area contributed by atoms with Crippen molar-refractivity contribution in [2.45, 2.75) is 60.8 Å². The molecular weight excluding hydrogens is 677 g/mol. The predicted molar refractivity (Wildman–Crippen MR) is 249 cm³/mol. The van der Waals surface area contributed by atoms with Crippen LogP contribution in [0.2, 0.25) is 0 Å². The molecule has 1 N–H and O–H groups in total. The van der Waals surface area contributed by atoms with Crippen LogP contribution in [0.1, 0.15) is 69.2 Å². The van der Waals surface area contributed by atoms with Gasteiger partial charge in [-0.1, -0.05) is 142 Å². The van der Waals surface area contributed by atoms with Gasteiger partial charge in [-0.25, -0.2) is 0 Å². The number of dihydropyridines is 1. The number of unbranched alkanes of at least 4 members (excludes halogenated alkanes) is 1. The van der Waals surface area contributed by atoms with Gasteiger partial charge in [-0.2, -0.15) is 0 Å². The molecule has 3 aromatic rings. The summed E-state index contributed by atoms with van der Waals surface area (Å²) >= 11 is 0. The van der Waals surface area contributed by atoms with Gasteiger partial charge >= 0.3 is 0 Å². The molecule has 0 spiro atoms. The second-order valence-corrected chi connectivity index (χ2v) is 14.0. The van der Waals surface area contributed by atoms with Crippen molar-refractivity contribution in [1.82, 2.24) is 5.32 Å². The van der Waals surface area contributed by atoms with Crippen LogP contribution >= 0.6 is 0 Å². The van der Waals surface area contributed by atoms with Crippen LogP contribution in [0.5, 0.6) is 0 Å². The van der Waals surface area contributed by atoms with E-state index in [1.54, 1.807) is 0 Å². The zero-order valence-corrected chi connectivity index (χ0v) is 34.5. The third-order valence-electron chi connectivity index (χ3n) is 9.69. The number of nitrogens with zero attached hydrogens (tertiary/aromatic N) is 1. The molecule has 0 amide bonds. The maximum Gasteiger partial charge on any atom is 0.0458 e. The highest BCUT2D eigenvalue weighted by Crippen LogP contribution is 2.32. The van der Waals surface area contributed by atoms with Gasteiger partial charge < -0.3 is 10.2 Å². The van der Waals surface area contributed by atoms with Gasteiger partial charge in [0.05, 0.1) is 0 Å². The van der Waals surface area contributed by atoms with Crippen molar-refractivity contribution in [1.29, 1.82) is 0 Å². The molecule has 0 fully saturated rings. The Bertz CT molecular complexity index is 2150. The van der Waals surface area contributed by atoms with Crippen LogP contribution in [-0.4, -0.2) is 6.54 Å². The van der Waals surface area contributed by atoms with Crippen molar-refractivity contribution in [3.63, 3.8) is 0 Å². The van der Waals surface area contributed by atoms with Gasteiger partial charge in [-0.15, -0.1) is 0 Å². The van der Waals surface area contributed by atoms with E-state index in [0.29, 0.717) is 0 Å². The molecule has 2 heteroatoms. The number of anilines is 1. The molecule has 2 heterocycles. The molecule has 0 aromatic heterocycles. The molecule has 2 aliphatic heterocycles. The summed E-state index contributed by atoms with van der Waals surface area (Å²) in [4.78, 5) is 2.15. The highest BCUT2D eigenvalue weighted by atomic mass is 15.1. The number of hydrogen-bond acceptors (Lipinski definition) is 2. The number of allylic oxidation sites excluding steroid dienone is 18. The standard InChI is InChI=1S/C39H42N2.C15H18/c1-6-8-18-34(27-33(7-2)39-21-9-12-22-40-39)35-19-15-20-36(28-35)37-25-30(3)26-38(29-37)41-23-13-10-16-31(4)32(5)17-11-14-24-41;1-5-9-12(3)14(6-2)15-11-8-7-10-13(15)4/h7,9-17,19-21,23-29,40H,4-6,8,18,22H2,1-3H3;5-11H,2H2,1,3-4H3/b16-10-,17-11-,23-13-,24-14-,33-7+,34-27+;9-5-,14-12+. The SMILES string of the molecule is C=C/C(=C(C)\C=C/C)c1ccccc1C.C=C1/C=C\C=C/N(c2cc(C)cc(-c3cccc(/C(=C/C(=C\C)C4=CC=CCN4)CCCC)c3)c2)/C=C\C=C/C1=C. The lowest BCUT2D eigenvalue weighted by Gasteiger charge is -2.18. The van der Waals surface area contributed by atoms with Gasteiger partial charge in [0.25, 0.3) is 0 Å². The highest BCUT2D eigenvalue weighted by molar-refractivity contribution is 5.79. The Morgan fingerprint density at radius 3 is 2.20 bits per heavy atom. The average Bonchev–Trinajstić information content (AvgIpc) is 3.25. The quantitative estimate of drug-likeness (QED) is 0.197. The Labute approximate surface area is 338 Å². The Morgan fingerprint density at radius 2 is 1.57 bits per heavy atom. The minimum atomic E-state index is 0.866. The topological polar surface area (TPSA) is 15.3 Å². The van der Waals surface area contributed by atoms with E-state index in [-0.39, 0.29) is 0 Å². The summed E-state index contributed by atoms with van der Waals surface area (Å²) in [7, 11) is 0. The first-order valence-electron chi connectivity index (χ1n) is 19.8. The molecule has 3 aromatic carbocycles. The summed E-state index contributed by atoms with van der Waals surface area (Å²) in [6.07, 6.45) is 36.7. The Morgan fingerprint density at radius 1 is 0.839 bits per heavy atom. The lowest BCUT2D eigenvalue weighted by atomic mass is 9.93. The van der Waals surface area contributed by atoms with Crippen LogP contribution in [0, 0.1) is 13.8 Å². The Kier molecular flexibility index (Phi) is 17.0. The number of rotatable bonds is 11. The second-order valence-electron chi connectivity index (χ2n) is 14.0. The number of hydrogen-bond donors (Lipinski definition) is 1. The summed E-state index contributed by atoms with van der Waals surface area (Å²) in [6.45, 7) is 25.7. The molecule has 0 saturated heterocycles. The van der Waals surface area contributed by atoms with Crippen molar-refractivity contribution in [2.75, 3.05) is 11.4 Å². The fourth-order valence-electron chi connectivity index (χ4n) is 6.57. The van der Waals surface area contributed by atoms with E-state index < -0.39 is 0 Å². The van der Waals surface area contributed by atoms with Gasteiger partial charge in [0.2, 0.25) is 0 Å². The minimum Gasteiger partial charge on any atom is -0.381 e. The van der Waals surface area contributed by atoms with Crippen molar-refractivity contribution in [3.05, 3.63) is 234 Å². The molecule has 5 rings (SSSR count). The van der Waals surface area contributed by atoms with Crippen molar-refractivity contribution in [3.8, 4) is 11.1 Å². The van der Waals surface area contributed by atoms with Crippen molar-refractivity contribution in [2.24, 2.45) is 0 Å². The molecule has 0 aliphatic carbocycles. The third kappa shape index (κ3) is 12.5. The molecule has 0 radical (unpaired) electrons. The van der Waals surface area contributed by atoms with Gasteiger partial charge in [-0.3, -0.25) is 0 Å². The van der Waals surface area contributed by atoms with E-state index in [2.05, 4.69) is 186 Å². The first-order chi connectivity index (χ1) is 27.2. The lowest BCUT2D eigenvalue weighted by molar-refractivity contribution is 0.823. The Balaban J connectivity index is 0.000000389. The Hall–Kier alpha value is -6.12. The first-order valence-corrected chi connectivity index (χ1v) is 19.8. The zero-order valence-electron chi connectivity index (χ0n) is 34.5. The van der Waals surface area contributed by atoms with Crippen LogP contribution in [0.25, 0.3) is 22.3 Å². The number of benzene rings is 3. The van der Waals surface area contributed by atoms with E-state index in [9.17, 15) is 0 Å². The molecule has 56 heavy (non-hydrogen) atoms. The number of nitrogens with one attached hydrogen (secondary N) is 1. The molecule has 286 valence electrons. The fourth-order valence-corrected chi connectivity index (χ4v) is 6.57. The fraction of sp³-hybridized carbons (Fsp3) is 0.185. The second kappa shape index (κ2) is 22.3. The summed E-state index contributed by atoms with van der Waals surface area (Å²) < 4.78 is 0. The first kappa shape index (κ1) is 42.6. The highest BCUT2D eigenvalue weighted by Gasteiger charge is 2.11. The van der Waals surface area contributed by atoms with E-state index >= 15 is 0 Å². The monoisotopic (exact) mass is 736 g/mol. The molecule has 2 nitrogen and oxygen atoms in total. The lowest BCUT2D eigenvalue weighted by Crippen LogP contribution is -2.16.